The minimum Gasteiger partial charge on any atom is -0.369 e. The van der Waals surface area contributed by atoms with Crippen molar-refractivity contribution in [1.82, 2.24) is 0 Å². The molecule has 0 radical (unpaired) electrons. The van der Waals surface area contributed by atoms with E-state index in [9.17, 15) is 13.2 Å². The first-order valence-electron chi connectivity index (χ1n) is 5.25. The number of hydrogen-bond donors (Lipinski definition) is 1. The maximum Gasteiger partial charge on any atom is 0.416 e. The van der Waals surface area contributed by atoms with Crippen LogP contribution in [-0.2, 0) is 6.18 Å². The van der Waals surface area contributed by atoms with E-state index < -0.39 is 11.7 Å². The van der Waals surface area contributed by atoms with E-state index in [1.165, 1.54) is 6.07 Å². The van der Waals surface area contributed by atoms with Gasteiger partial charge in [-0.3, -0.25) is 0 Å². The van der Waals surface area contributed by atoms with Gasteiger partial charge in [-0.25, -0.2) is 0 Å². The van der Waals surface area contributed by atoms with Crippen LogP contribution in [0.2, 0.25) is 0 Å². The zero-order valence-corrected chi connectivity index (χ0v) is 10.6. The molecule has 0 saturated carbocycles. The molecule has 1 aromatic carbocycles. The Hall–Kier alpha value is -0.750. The maximum absolute atomic E-state index is 12.5. The van der Waals surface area contributed by atoms with Crippen LogP contribution in [0.15, 0.2) is 22.7 Å². The Labute approximate surface area is 106 Å². The molecular weight excluding hydrogens is 297 g/mol. The van der Waals surface area contributed by atoms with E-state index in [-0.39, 0.29) is 6.04 Å². The smallest absolute Gasteiger partial charge is 0.369 e. The van der Waals surface area contributed by atoms with E-state index in [0.29, 0.717) is 11.0 Å². The van der Waals surface area contributed by atoms with Gasteiger partial charge in [0.05, 0.1) is 11.3 Å². The quantitative estimate of drug-likeness (QED) is 0.864. The van der Waals surface area contributed by atoms with Gasteiger partial charge in [0.25, 0.3) is 0 Å². The molecule has 0 aromatic heterocycles. The fourth-order valence-electron chi connectivity index (χ4n) is 1.95. The highest BCUT2D eigenvalue weighted by molar-refractivity contribution is 9.10. The van der Waals surface area contributed by atoms with Crippen LogP contribution in [0.3, 0.4) is 0 Å². The Bertz CT molecular complexity index is 420. The highest BCUT2D eigenvalue weighted by Gasteiger charge is 2.31. The monoisotopic (exact) mass is 308 g/mol. The summed E-state index contributed by atoms with van der Waals surface area (Å²) in [5.74, 6) is 0. The number of nitrogens with zero attached hydrogens (tertiary/aromatic N) is 1. The minimum absolute atomic E-state index is 0.101. The van der Waals surface area contributed by atoms with Crippen LogP contribution < -0.4 is 10.6 Å². The van der Waals surface area contributed by atoms with Gasteiger partial charge < -0.3 is 10.6 Å². The average molecular weight is 309 g/mol. The predicted octanol–water partition coefficient (Wildman–Crippen LogP) is 3.01. The Morgan fingerprint density at radius 3 is 2.53 bits per heavy atom. The molecule has 0 amide bonds. The maximum atomic E-state index is 12.5. The lowest BCUT2D eigenvalue weighted by atomic mass is 10.2. The van der Waals surface area contributed by atoms with Gasteiger partial charge in [0, 0.05) is 23.6 Å². The topological polar surface area (TPSA) is 29.3 Å². The van der Waals surface area contributed by atoms with Crippen LogP contribution in [0.4, 0.5) is 18.9 Å². The first kappa shape index (κ1) is 12.7. The van der Waals surface area contributed by atoms with Gasteiger partial charge in [-0.05, 0) is 40.5 Å². The molecular formula is C11H12BrF3N2. The molecule has 1 aromatic rings. The molecule has 0 bridgehead atoms. The number of rotatable bonds is 1. The highest BCUT2D eigenvalue weighted by Crippen LogP contribution is 2.36. The van der Waals surface area contributed by atoms with Gasteiger partial charge in [0.2, 0.25) is 0 Å². The van der Waals surface area contributed by atoms with E-state index >= 15 is 0 Å². The SMILES string of the molecule is NC1CCN(c2ccc(C(F)(F)F)cc2Br)C1. The number of anilines is 1. The third-order valence-electron chi connectivity index (χ3n) is 2.84. The molecule has 1 aliphatic heterocycles. The van der Waals surface area contributed by atoms with Gasteiger partial charge >= 0.3 is 6.18 Å². The Balaban J connectivity index is 2.26. The summed E-state index contributed by atoms with van der Waals surface area (Å²) in [7, 11) is 0. The number of alkyl halides is 3. The van der Waals surface area contributed by atoms with E-state index in [4.69, 9.17) is 5.73 Å². The lowest BCUT2D eigenvalue weighted by molar-refractivity contribution is -0.137. The second kappa shape index (κ2) is 4.49. The zero-order valence-electron chi connectivity index (χ0n) is 8.97. The van der Waals surface area contributed by atoms with E-state index in [2.05, 4.69) is 15.9 Å². The summed E-state index contributed by atoms with van der Waals surface area (Å²) in [5.41, 5.74) is 5.90. The largest absolute Gasteiger partial charge is 0.416 e. The second-order valence-electron chi connectivity index (χ2n) is 4.16. The fraction of sp³-hybridized carbons (Fsp3) is 0.455. The molecule has 1 heterocycles. The molecule has 17 heavy (non-hydrogen) atoms. The summed E-state index contributed by atoms with van der Waals surface area (Å²) < 4.78 is 37.9. The van der Waals surface area contributed by atoms with Crippen molar-refractivity contribution in [3.05, 3.63) is 28.2 Å². The first-order valence-corrected chi connectivity index (χ1v) is 6.04. The summed E-state index contributed by atoms with van der Waals surface area (Å²) in [6, 6.07) is 3.80. The van der Waals surface area contributed by atoms with Crippen LogP contribution in [0, 0.1) is 0 Å². The number of halogens is 4. The van der Waals surface area contributed by atoms with Crippen molar-refractivity contribution in [2.75, 3.05) is 18.0 Å². The van der Waals surface area contributed by atoms with E-state index in [1.807, 2.05) is 4.90 Å². The Kier molecular flexibility index (Phi) is 3.36. The van der Waals surface area contributed by atoms with Crippen molar-refractivity contribution in [3.63, 3.8) is 0 Å². The predicted molar refractivity (Wildman–Crippen MR) is 63.9 cm³/mol. The molecule has 1 aliphatic rings. The van der Waals surface area contributed by atoms with Crippen molar-refractivity contribution in [2.24, 2.45) is 5.73 Å². The van der Waals surface area contributed by atoms with E-state index in [1.54, 1.807) is 0 Å². The van der Waals surface area contributed by atoms with Crippen LogP contribution >= 0.6 is 15.9 Å². The average Bonchev–Trinajstić information content (AvgIpc) is 2.63. The van der Waals surface area contributed by atoms with Gasteiger partial charge in [0.1, 0.15) is 0 Å². The Morgan fingerprint density at radius 1 is 1.35 bits per heavy atom. The van der Waals surface area contributed by atoms with Crippen molar-refractivity contribution >= 4 is 21.6 Å². The second-order valence-corrected chi connectivity index (χ2v) is 5.01. The molecule has 1 fully saturated rings. The molecule has 6 heteroatoms. The van der Waals surface area contributed by atoms with Gasteiger partial charge in [-0.2, -0.15) is 13.2 Å². The van der Waals surface area contributed by atoms with Gasteiger partial charge in [-0.15, -0.1) is 0 Å². The number of benzene rings is 1. The summed E-state index contributed by atoms with van der Waals surface area (Å²) in [4.78, 5) is 1.99. The van der Waals surface area contributed by atoms with Crippen LogP contribution in [0.25, 0.3) is 0 Å². The summed E-state index contributed by atoms with van der Waals surface area (Å²) in [5, 5.41) is 0. The first-order chi connectivity index (χ1) is 7.88. The minimum atomic E-state index is -4.30. The fourth-order valence-corrected chi connectivity index (χ4v) is 2.58. The van der Waals surface area contributed by atoms with E-state index in [0.717, 1.165) is 30.8 Å². The molecule has 0 spiro atoms. The zero-order chi connectivity index (χ0) is 12.6. The molecule has 1 unspecified atom stereocenters. The van der Waals surface area contributed by atoms with Crippen molar-refractivity contribution in [1.29, 1.82) is 0 Å². The lowest BCUT2D eigenvalue weighted by Gasteiger charge is -2.20. The molecule has 2 nitrogen and oxygen atoms in total. The van der Waals surface area contributed by atoms with Crippen molar-refractivity contribution in [3.8, 4) is 0 Å². The highest BCUT2D eigenvalue weighted by atomic mass is 79.9. The lowest BCUT2D eigenvalue weighted by Crippen LogP contribution is -2.26. The van der Waals surface area contributed by atoms with Crippen LogP contribution in [0.1, 0.15) is 12.0 Å². The van der Waals surface area contributed by atoms with Crippen molar-refractivity contribution < 1.29 is 13.2 Å². The molecule has 2 N–H and O–H groups in total. The third kappa shape index (κ3) is 2.74. The third-order valence-corrected chi connectivity index (χ3v) is 3.48. The van der Waals surface area contributed by atoms with Gasteiger partial charge in [0.15, 0.2) is 0 Å². The van der Waals surface area contributed by atoms with Crippen LogP contribution in [-0.4, -0.2) is 19.1 Å². The summed E-state index contributed by atoms with van der Waals surface area (Å²) >= 11 is 3.19. The molecule has 1 saturated heterocycles. The molecule has 0 aliphatic carbocycles. The van der Waals surface area contributed by atoms with Crippen molar-refractivity contribution in [2.45, 2.75) is 18.6 Å². The Morgan fingerprint density at radius 2 is 2.06 bits per heavy atom. The van der Waals surface area contributed by atoms with Crippen LogP contribution in [0.5, 0.6) is 0 Å². The summed E-state index contributed by atoms with van der Waals surface area (Å²) in [6.45, 7) is 1.47. The number of hydrogen-bond acceptors (Lipinski definition) is 2. The molecule has 1 atom stereocenters. The van der Waals surface area contributed by atoms with Gasteiger partial charge in [-0.1, -0.05) is 0 Å². The number of nitrogens with two attached hydrogens (primary N) is 1. The summed E-state index contributed by atoms with van der Waals surface area (Å²) in [6.07, 6.45) is -3.43. The molecule has 94 valence electrons. The standard InChI is InChI=1S/C11H12BrF3N2/c12-9-5-7(11(13,14)15)1-2-10(9)17-4-3-8(16)6-17/h1-2,5,8H,3-4,6,16H2. The normalized spacial score (nSPS) is 21.0. The molecule has 2 rings (SSSR count).